The van der Waals surface area contributed by atoms with E-state index in [1.807, 2.05) is 19.1 Å². The molecule has 0 bridgehead atoms. The van der Waals surface area contributed by atoms with Gasteiger partial charge < -0.3 is 10.4 Å². The van der Waals surface area contributed by atoms with E-state index in [2.05, 4.69) is 10.3 Å². The molecule has 0 aliphatic heterocycles. The van der Waals surface area contributed by atoms with Crippen molar-refractivity contribution in [3.8, 4) is 0 Å². The standard InChI is InChI=1S/C14H19ClN2O2S/c1-9(14(3,4)19)20-13(16-10(2)18)17-12-8-6-5-7-11(12)15/h5-9,19H,1-4H3,(H,16,17,18). The monoisotopic (exact) mass is 314 g/mol. The minimum atomic E-state index is -0.885. The number of hydrogen-bond donors (Lipinski definition) is 2. The van der Waals surface area contributed by atoms with Gasteiger partial charge in [-0.2, -0.15) is 4.99 Å². The fourth-order valence-electron chi connectivity index (χ4n) is 1.22. The van der Waals surface area contributed by atoms with E-state index < -0.39 is 5.60 Å². The van der Waals surface area contributed by atoms with Gasteiger partial charge in [0.1, 0.15) is 0 Å². The second-order valence-corrected chi connectivity index (χ2v) is 6.69. The molecular weight excluding hydrogens is 296 g/mol. The highest BCUT2D eigenvalue weighted by Gasteiger charge is 2.25. The average Bonchev–Trinajstić information content (AvgIpc) is 2.30. The van der Waals surface area contributed by atoms with Gasteiger partial charge in [0, 0.05) is 12.2 Å². The van der Waals surface area contributed by atoms with Crippen molar-refractivity contribution >= 4 is 40.1 Å². The summed E-state index contributed by atoms with van der Waals surface area (Å²) >= 11 is 7.36. The Morgan fingerprint density at radius 3 is 2.55 bits per heavy atom. The zero-order valence-electron chi connectivity index (χ0n) is 12.0. The Kier molecular flexibility index (Phi) is 6.05. The number of amides is 1. The van der Waals surface area contributed by atoms with E-state index in [0.717, 1.165) is 0 Å². The number of aliphatic imine (C=N–C) groups is 1. The molecule has 20 heavy (non-hydrogen) atoms. The highest BCUT2D eigenvalue weighted by atomic mass is 35.5. The summed E-state index contributed by atoms with van der Waals surface area (Å²) < 4.78 is 0. The predicted molar refractivity (Wildman–Crippen MR) is 86.5 cm³/mol. The number of para-hydroxylation sites is 1. The lowest BCUT2D eigenvalue weighted by Crippen LogP contribution is -2.33. The molecule has 0 heterocycles. The van der Waals surface area contributed by atoms with E-state index in [9.17, 15) is 9.90 Å². The van der Waals surface area contributed by atoms with Gasteiger partial charge in [0.15, 0.2) is 5.17 Å². The predicted octanol–water partition coefficient (Wildman–Crippen LogP) is 3.55. The van der Waals surface area contributed by atoms with Crippen molar-refractivity contribution in [3.05, 3.63) is 29.3 Å². The van der Waals surface area contributed by atoms with E-state index in [4.69, 9.17) is 11.6 Å². The van der Waals surface area contributed by atoms with Gasteiger partial charge in [0.05, 0.1) is 16.3 Å². The smallest absolute Gasteiger partial charge is 0.244 e. The maximum absolute atomic E-state index is 11.2. The minimum Gasteiger partial charge on any atom is -0.389 e. The van der Waals surface area contributed by atoms with Gasteiger partial charge in [-0.1, -0.05) is 42.4 Å². The number of halogens is 1. The fourth-order valence-corrected chi connectivity index (χ4v) is 2.37. The van der Waals surface area contributed by atoms with Gasteiger partial charge in [-0.15, -0.1) is 0 Å². The Morgan fingerprint density at radius 2 is 2.05 bits per heavy atom. The van der Waals surface area contributed by atoms with Crippen molar-refractivity contribution in [1.82, 2.24) is 0 Å². The topological polar surface area (TPSA) is 61.7 Å². The molecular formula is C14H19ClN2O2S. The number of benzene rings is 1. The van der Waals surface area contributed by atoms with Crippen molar-refractivity contribution in [2.45, 2.75) is 38.5 Å². The summed E-state index contributed by atoms with van der Waals surface area (Å²) in [7, 11) is 0. The SMILES string of the molecule is CC(=O)/N=C(/Nc1ccccc1Cl)SC(C)C(C)(C)O. The van der Waals surface area contributed by atoms with Crippen LogP contribution in [0.2, 0.25) is 5.02 Å². The van der Waals surface area contributed by atoms with Crippen LogP contribution in [0.3, 0.4) is 0 Å². The molecule has 0 aliphatic rings. The Morgan fingerprint density at radius 1 is 1.45 bits per heavy atom. The number of anilines is 1. The van der Waals surface area contributed by atoms with Crippen LogP contribution >= 0.6 is 23.4 Å². The van der Waals surface area contributed by atoms with Crippen molar-refractivity contribution in [1.29, 1.82) is 0 Å². The van der Waals surface area contributed by atoms with E-state index in [-0.39, 0.29) is 11.2 Å². The van der Waals surface area contributed by atoms with Gasteiger partial charge in [0.2, 0.25) is 5.91 Å². The van der Waals surface area contributed by atoms with E-state index in [1.165, 1.54) is 18.7 Å². The first-order valence-electron chi connectivity index (χ1n) is 6.20. The first kappa shape index (κ1) is 17.0. The summed E-state index contributed by atoms with van der Waals surface area (Å²) in [5, 5.41) is 13.8. The third-order valence-corrected chi connectivity index (χ3v) is 4.33. The van der Waals surface area contributed by atoms with Crippen LogP contribution in [-0.2, 0) is 4.79 Å². The Labute approximate surface area is 128 Å². The Balaban J connectivity index is 2.92. The second kappa shape index (κ2) is 7.11. The second-order valence-electron chi connectivity index (χ2n) is 4.95. The molecule has 1 unspecified atom stereocenters. The lowest BCUT2D eigenvalue weighted by molar-refractivity contribution is -0.115. The first-order chi connectivity index (χ1) is 9.20. The zero-order valence-corrected chi connectivity index (χ0v) is 13.5. The minimum absolute atomic E-state index is 0.143. The summed E-state index contributed by atoms with van der Waals surface area (Å²) in [5.74, 6) is -0.310. The first-order valence-corrected chi connectivity index (χ1v) is 7.45. The van der Waals surface area contributed by atoms with Crippen LogP contribution in [0.1, 0.15) is 27.7 Å². The lowest BCUT2D eigenvalue weighted by Gasteiger charge is -2.25. The average molecular weight is 315 g/mol. The summed E-state index contributed by atoms with van der Waals surface area (Å²) in [6.07, 6.45) is 0. The quantitative estimate of drug-likeness (QED) is 0.661. The number of nitrogens with one attached hydrogen (secondary N) is 1. The van der Waals surface area contributed by atoms with Crippen molar-refractivity contribution in [2.75, 3.05) is 5.32 Å². The van der Waals surface area contributed by atoms with Crippen molar-refractivity contribution in [3.63, 3.8) is 0 Å². The molecule has 4 nitrogen and oxygen atoms in total. The van der Waals surface area contributed by atoms with Crippen LogP contribution in [0.25, 0.3) is 0 Å². The van der Waals surface area contributed by atoms with Crippen LogP contribution in [0, 0.1) is 0 Å². The van der Waals surface area contributed by atoms with Crippen LogP contribution < -0.4 is 5.32 Å². The number of rotatable bonds is 3. The van der Waals surface area contributed by atoms with E-state index >= 15 is 0 Å². The molecule has 1 amide bonds. The molecule has 1 aromatic rings. The van der Waals surface area contributed by atoms with Crippen molar-refractivity contribution in [2.24, 2.45) is 4.99 Å². The molecule has 1 aromatic carbocycles. The van der Waals surface area contributed by atoms with Crippen LogP contribution in [-0.4, -0.2) is 27.0 Å². The fraction of sp³-hybridized carbons (Fsp3) is 0.429. The third-order valence-electron chi connectivity index (χ3n) is 2.66. The molecule has 0 saturated carbocycles. The van der Waals surface area contributed by atoms with Gasteiger partial charge >= 0.3 is 0 Å². The Bertz CT molecular complexity index is 512. The number of nitrogens with zero attached hydrogens (tertiary/aromatic N) is 1. The Hall–Kier alpha value is -1.04. The van der Waals surface area contributed by atoms with Gasteiger partial charge in [0.25, 0.3) is 0 Å². The van der Waals surface area contributed by atoms with Crippen LogP contribution in [0.4, 0.5) is 5.69 Å². The largest absolute Gasteiger partial charge is 0.389 e. The van der Waals surface area contributed by atoms with Gasteiger partial charge in [-0.25, -0.2) is 0 Å². The van der Waals surface area contributed by atoms with E-state index in [1.54, 1.807) is 26.0 Å². The molecule has 1 atom stereocenters. The summed E-state index contributed by atoms with van der Waals surface area (Å²) in [6.45, 7) is 6.68. The maximum Gasteiger partial charge on any atom is 0.244 e. The zero-order chi connectivity index (χ0) is 15.3. The summed E-state index contributed by atoms with van der Waals surface area (Å²) in [5.41, 5.74) is -0.214. The highest BCUT2D eigenvalue weighted by molar-refractivity contribution is 8.14. The molecule has 0 radical (unpaired) electrons. The van der Waals surface area contributed by atoms with Gasteiger partial charge in [-0.05, 0) is 26.0 Å². The normalized spacial score (nSPS) is 14.0. The molecule has 6 heteroatoms. The number of amidine groups is 1. The molecule has 0 aliphatic carbocycles. The molecule has 0 saturated heterocycles. The number of hydrogen-bond acceptors (Lipinski definition) is 3. The highest BCUT2D eigenvalue weighted by Crippen LogP contribution is 2.27. The number of thioether (sulfide) groups is 1. The number of carbonyl (C=O) groups is 1. The molecule has 2 N–H and O–H groups in total. The third kappa shape index (κ3) is 5.53. The van der Waals surface area contributed by atoms with E-state index in [0.29, 0.717) is 15.9 Å². The molecule has 1 rings (SSSR count). The lowest BCUT2D eigenvalue weighted by atomic mass is 10.1. The number of carbonyl (C=O) groups excluding carboxylic acids is 1. The molecule has 110 valence electrons. The van der Waals surface area contributed by atoms with Crippen LogP contribution in [0.15, 0.2) is 29.3 Å². The molecule has 0 aromatic heterocycles. The van der Waals surface area contributed by atoms with Crippen LogP contribution in [0.5, 0.6) is 0 Å². The van der Waals surface area contributed by atoms with Gasteiger partial charge in [-0.3, -0.25) is 4.79 Å². The number of aliphatic hydroxyl groups is 1. The molecule has 0 fully saturated rings. The summed E-state index contributed by atoms with van der Waals surface area (Å²) in [6, 6.07) is 7.21. The molecule has 0 spiro atoms. The maximum atomic E-state index is 11.2. The summed E-state index contributed by atoms with van der Waals surface area (Å²) in [4.78, 5) is 15.2. The van der Waals surface area contributed by atoms with Crippen molar-refractivity contribution < 1.29 is 9.90 Å².